The molecule has 0 saturated carbocycles. The van der Waals surface area contributed by atoms with Gasteiger partial charge in [-0.05, 0) is 68.9 Å². The second-order valence-corrected chi connectivity index (χ2v) is 9.16. The second kappa shape index (κ2) is 9.09. The molecule has 6 nitrogen and oxygen atoms in total. The van der Waals surface area contributed by atoms with Crippen LogP contribution < -0.4 is 15.4 Å². The van der Waals surface area contributed by atoms with E-state index >= 15 is 0 Å². The van der Waals surface area contributed by atoms with Crippen LogP contribution in [0.3, 0.4) is 0 Å². The van der Waals surface area contributed by atoms with Gasteiger partial charge in [-0.25, -0.2) is 13.1 Å². The maximum Gasteiger partial charge on any atom is 0.250 e. The van der Waals surface area contributed by atoms with Gasteiger partial charge >= 0.3 is 0 Å². The van der Waals surface area contributed by atoms with Gasteiger partial charge in [-0.2, -0.15) is 0 Å². The number of hydrogen-bond donors (Lipinski definition) is 3. The molecule has 28 heavy (non-hydrogen) atoms. The molecule has 0 saturated heterocycles. The maximum atomic E-state index is 12.3. The van der Waals surface area contributed by atoms with Crippen LogP contribution in [0.1, 0.15) is 26.3 Å². The summed E-state index contributed by atoms with van der Waals surface area (Å²) in [6, 6.07) is 15.5. The van der Waals surface area contributed by atoms with Gasteiger partial charge in [0.05, 0.1) is 4.90 Å². The van der Waals surface area contributed by atoms with E-state index in [1.165, 1.54) is 18.2 Å². The van der Waals surface area contributed by atoms with Gasteiger partial charge in [0.25, 0.3) is 0 Å². The van der Waals surface area contributed by atoms with Crippen molar-refractivity contribution in [2.24, 2.45) is 0 Å². The summed E-state index contributed by atoms with van der Waals surface area (Å²) >= 11 is 5.11. The first kappa shape index (κ1) is 21.7. The van der Waals surface area contributed by atoms with Gasteiger partial charge in [0.15, 0.2) is 5.11 Å². The van der Waals surface area contributed by atoms with Crippen LogP contribution in [0.15, 0.2) is 65.6 Å². The zero-order valence-electron chi connectivity index (χ0n) is 15.9. The van der Waals surface area contributed by atoms with Crippen molar-refractivity contribution in [2.45, 2.75) is 31.2 Å². The van der Waals surface area contributed by atoms with E-state index in [9.17, 15) is 13.2 Å². The minimum absolute atomic E-state index is 0.117. The third-order valence-electron chi connectivity index (χ3n) is 3.33. The van der Waals surface area contributed by atoms with Crippen molar-refractivity contribution in [3.8, 4) is 0 Å². The Bertz CT molecular complexity index is 962. The van der Waals surface area contributed by atoms with Crippen LogP contribution >= 0.6 is 12.2 Å². The largest absolute Gasteiger partial charge is 0.332 e. The number of sulfonamides is 1. The Hall–Kier alpha value is -2.55. The number of hydrogen-bond acceptors (Lipinski definition) is 4. The Morgan fingerprint density at radius 1 is 1.00 bits per heavy atom. The van der Waals surface area contributed by atoms with Gasteiger partial charge in [-0.15, -0.1) is 0 Å². The van der Waals surface area contributed by atoms with Gasteiger partial charge in [-0.1, -0.05) is 30.3 Å². The number of rotatable bonds is 5. The number of carbonyl (C=O) groups is 1. The predicted molar refractivity (Wildman–Crippen MR) is 116 cm³/mol. The monoisotopic (exact) mass is 417 g/mol. The van der Waals surface area contributed by atoms with Crippen molar-refractivity contribution >= 4 is 45.0 Å². The normalized spacial score (nSPS) is 12.0. The van der Waals surface area contributed by atoms with Gasteiger partial charge in [0.1, 0.15) is 0 Å². The summed E-state index contributed by atoms with van der Waals surface area (Å²) in [6.45, 7) is 5.31. The quantitative estimate of drug-likeness (QED) is 0.513. The molecule has 0 aliphatic rings. The van der Waals surface area contributed by atoms with Crippen molar-refractivity contribution in [1.29, 1.82) is 0 Å². The molecule has 0 aromatic heterocycles. The number of thiocarbonyl (C=S) groups is 1. The molecule has 148 valence electrons. The summed E-state index contributed by atoms with van der Waals surface area (Å²) in [6.07, 6.45) is 3.07. The van der Waals surface area contributed by atoms with Crippen molar-refractivity contribution in [3.05, 3.63) is 66.2 Å². The van der Waals surface area contributed by atoms with E-state index in [0.29, 0.717) is 5.69 Å². The highest BCUT2D eigenvalue weighted by Crippen LogP contribution is 2.16. The number of anilines is 1. The van der Waals surface area contributed by atoms with Crippen molar-refractivity contribution in [3.63, 3.8) is 0 Å². The molecular formula is C20H23N3O3S2. The average molecular weight is 418 g/mol. The third kappa shape index (κ3) is 7.22. The van der Waals surface area contributed by atoms with E-state index in [1.54, 1.807) is 39.0 Å². The third-order valence-corrected chi connectivity index (χ3v) is 5.30. The van der Waals surface area contributed by atoms with E-state index in [2.05, 4.69) is 15.4 Å². The summed E-state index contributed by atoms with van der Waals surface area (Å²) < 4.78 is 27.2. The lowest BCUT2D eigenvalue weighted by Gasteiger charge is -2.20. The topological polar surface area (TPSA) is 87.3 Å². The molecule has 0 bridgehead atoms. The first-order valence-corrected chi connectivity index (χ1v) is 10.4. The zero-order valence-corrected chi connectivity index (χ0v) is 17.5. The van der Waals surface area contributed by atoms with Gasteiger partial charge in [0, 0.05) is 17.3 Å². The molecule has 2 aromatic rings. The van der Waals surface area contributed by atoms with E-state index in [-0.39, 0.29) is 15.9 Å². The van der Waals surface area contributed by atoms with Crippen molar-refractivity contribution in [2.75, 3.05) is 5.32 Å². The van der Waals surface area contributed by atoms with Crippen LogP contribution in [0.25, 0.3) is 6.08 Å². The fourth-order valence-electron chi connectivity index (χ4n) is 2.23. The molecule has 0 fully saturated rings. The lowest BCUT2D eigenvalue weighted by molar-refractivity contribution is -0.115. The van der Waals surface area contributed by atoms with Crippen LogP contribution in [-0.2, 0) is 14.8 Å². The Morgan fingerprint density at radius 3 is 2.18 bits per heavy atom. The summed E-state index contributed by atoms with van der Waals surface area (Å²) in [4.78, 5) is 12.1. The molecule has 1 amide bonds. The Kier molecular flexibility index (Phi) is 7.06. The molecule has 2 aromatic carbocycles. The number of benzene rings is 2. The second-order valence-electron chi connectivity index (χ2n) is 7.07. The molecule has 0 spiro atoms. The first-order valence-electron chi connectivity index (χ1n) is 8.54. The molecule has 2 rings (SSSR count). The van der Waals surface area contributed by atoms with Gasteiger partial charge in [0.2, 0.25) is 15.9 Å². The highest BCUT2D eigenvalue weighted by molar-refractivity contribution is 7.89. The molecule has 0 unspecified atom stereocenters. The summed E-state index contributed by atoms with van der Waals surface area (Å²) in [5, 5.41) is 5.50. The lowest BCUT2D eigenvalue weighted by Crippen LogP contribution is -2.40. The molecular weight excluding hydrogens is 394 g/mol. The summed E-state index contributed by atoms with van der Waals surface area (Å²) in [5.74, 6) is -0.366. The van der Waals surface area contributed by atoms with E-state index < -0.39 is 15.6 Å². The summed E-state index contributed by atoms with van der Waals surface area (Å²) in [5.41, 5.74) is 0.888. The predicted octanol–water partition coefficient (Wildman–Crippen LogP) is 3.29. The molecule has 0 aliphatic heterocycles. The molecule has 3 N–H and O–H groups in total. The fourth-order valence-corrected chi connectivity index (χ4v) is 3.87. The Morgan fingerprint density at radius 2 is 1.61 bits per heavy atom. The SMILES string of the molecule is CC(C)(C)NS(=O)(=O)c1ccc(NC(=S)NC(=O)/C=C/c2ccccc2)cc1. The van der Waals surface area contributed by atoms with Crippen LogP contribution in [-0.4, -0.2) is 25.0 Å². The first-order chi connectivity index (χ1) is 13.0. The standard InChI is InChI=1S/C20H23N3O3S2/c1-20(2,3)23-28(25,26)17-12-10-16(11-13-17)21-19(27)22-18(24)14-9-15-7-5-4-6-8-15/h4-14,23H,1-3H3,(H2,21,22,24,27)/b14-9+. The number of carbonyl (C=O) groups excluding carboxylic acids is 1. The molecule has 0 aliphatic carbocycles. The minimum Gasteiger partial charge on any atom is -0.332 e. The number of nitrogens with one attached hydrogen (secondary N) is 3. The van der Waals surface area contributed by atoms with Crippen LogP contribution in [0.5, 0.6) is 0 Å². The van der Waals surface area contributed by atoms with Crippen LogP contribution in [0, 0.1) is 0 Å². The smallest absolute Gasteiger partial charge is 0.250 e. The van der Waals surface area contributed by atoms with E-state index in [0.717, 1.165) is 5.56 Å². The minimum atomic E-state index is -3.61. The zero-order chi connectivity index (χ0) is 20.8. The van der Waals surface area contributed by atoms with Gasteiger partial charge in [-0.3, -0.25) is 10.1 Å². The average Bonchev–Trinajstić information content (AvgIpc) is 2.59. The van der Waals surface area contributed by atoms with Crippen molar-refractivity contribution < 1.29 is 13.2 Å². The molecule has 0 atom stereocenters. The Labute approximate surface area is 171 Å². The molecule has 0 radical (unpaired) electrons. The van der Waals surface area contributed by atoms with Crippen LogP contribution in [0.4, 0.5) is 5.69 Å². The lowest BCUT2D eigenvalue weighted by atomic mass is 10.1. The highest BCUT2D eigenvalue weighted by Gasteiger charge is 2.21. The number of amides is 1. The maximum absolute atomic E-state index is 12.3. The van der Waals surface area contributed by atoms with Crippen LogP contribution in [0.2, 0.25) is 0 Å². The molecule has 8 heteroatoms. The Balaban J connectivity index is 1.94. The van der Waals surface area contributed by atoms with Crippen molar-refractivity contribution in [1.82, 2.24) is 10.0 Å². The molecule has 0 heterocycles. The fraction of sp³-hybridized carbons (Fsp3) is 0.200. The highest BCUT2D eigenvalue weighted by atomic mass is 32.2. The van der Waals surface area contributed by atoms with Gasteiger partial charge < -0.3 is 5.32 Å². The van der Waals surface area contributed by atoms with E-state index in [4.69, 9.17) is 12.2 Å². The summed E-state index contributed by atoms with van der Waals surface area (Å²) in [7, 11) is -3.61. The van der Waals surface area contributed by atoms with E-state index in [1.807, 2.05) is 30.3 Å².